The highest BCUT2D eigenvalue weighted by atomic mass is 16.5. The monoisotopic (exact) mass is 249 g/mol. The van der Waals surface area contributed by atoms with E-state index in [4.69, 9.17) is 10.5 Å². The predicted molar refractivity (Wildman–Crippen MR) is 73.5 cm³/mol. The van der Waals surface area contributed by atoms with Crippen molar-refractivity contribution in [3.63, 3.8) is 0 Å². The molecule has 3 heteroatoms. The Morgan fingerprint density at radius 1 is 1.28 bits per heavy atom. The lowest BCUT2D eigenvalue weighted by molar-refractivity contribution is -0.144. The highest BCUT2D eigenvalue weighted by Gasteiger charge is 2.16. The minimum atomic E-state index is -0.578. The molecule has 0 spiro atoms. The van der Waals surface area contributed by atoms with Gasteiger partial charge in [0.25, 0.3) is 0 Å². The fourth-order valence-corrected chi connectivity index (χ4v) is 1.73. The Kier molecular flexibility index (Phi) is 4.91. The molecule has 1 aromatic carbocycles. The fraction of sp³-hybridized carbons (Fsp3) is 0.533. The summed E-state index contributed by atoms with van der Waals surface area (Å²) in [5.74, 6) is -0.336. The Hall–Kier alpha value is -1.35. The Morgan fingerprint density at radius 2 is 1.83 bits per heavy atom. The third kappa shape index (κ3) is 4.15. The number of nitrogens with two attached hydrogens (primary N) is 1. The van der Waals surface area contributed by atoms with Gasteiger partial charge in [-0.25, -0.2) is 0 Å². The molecule has 0 radical (unpaired) electrons. The van der Waals surface area contributed by atoms with Crippen LogP contribution >= 0.6 is 0 Å². The van der Waals surface area contributed by atoms with Crippen molar-refractivity contribution in [1.82, 2.24) is 0 Å². The molecule has 0 aliphatic rings. The van der Waals surface area contributed by atoms with Crippen molar-refractivity contribution >= 4 is 5.97 Å². The van der Waals surface area contributed by atoms with Gasteiger partial charge in [-0.15, -0.1) is 0 Å². The molecule has 18 heavy (non-hydrogen) atoms. The van der Waals surface area contributed by atoms with Gasteiger partial charge in [-0.2, -0.15) is 0 Å². The average molecular weight is 249 g/mol. The van der Waals surface area contributed by atoms with Crippen molar-refractivity contribution in [2.24, 2.45) is 5.73 Å². The second-order valence-electron chi connectivity index (χ2n) is 5.51. The van der Waals surface area contributed by atoms with E-state index in [1.165, 1.54) is 5.56 Å². The molecule has 100 valence electrons. The zero-order valence-electron chi connectivity index (χ0n) is 11.7. The summed E-state index contributed by atoms with van der Waals surface area (Å²) in [5, 5.41) is 0. The number of ether oxygens (including phenoxy) is 1. The van der Waals surface area contributed by atoms with Crippen molar-refractivity contribution < 1.29 is 9.53 Å². The van der Waals surface area contributed by atoms with Crippen LogP contribution in [0.3, 0.4) is 0 Å². The van der Waals surface area contributed by atoms with Crippen molar-refractivity contribution in [2.75, 3.05) is 6.61 Å². The molecule has 1 atom stereocenters. The second-order valence-corrected chi connectivity index (χ2v) is 5.51. The summed E-state index contributed by atoms with van der Waals surface area (Å²) in [4.78, 5) is 11.4. The number of hydrogen-bond acceptors (Lipinski definition) is 3. The number of benzene rings is 1. The normalized spacial score (nSPS) is 13.2. The lowest BCUT2D eigenvalue weighted by Gasteiger charge is -2.19. The van der Waals surface area contributed by atoms with E-state index >= 15 is 0 Å². The van der Waals surface area contributed by atoms with Crippen molar-refractivity contribution in [2.45, 2.75) is 45.6 Å². The SMILES string of the molecule is CCOC(=O)[C@@H](N)Cc1ccc(C(C)(C)C)cc1. The molecule has 0 saturated heterocycles. The van der Waals surface area contributed by atoms with Gasteiger partial charge in [-0.1, -0.05) is 45.0 Å². The molecule has 0 aliphatic heterocycles. The maximum atomic E-state index is 11.4. The Balaban J connectivity index is 2.67. The van der Waals surface area contributed by atoms with Crippen molar-refractivity contribution in [3.8, 4) is 0 Å². The molecule has 0 unspecified atom stereocenters. The van der Waals surface area contributed by atoms with Crippen LogP contribution in [0, 0.1) is 0 Å². The van der Waals surface area contributed by atoms with E-state index in [1.807, 2.05) is 12.1 Å². The summed E-state index contributed by atoms with van der Waals surface area (Å²) < 4.78 is 4.89. The molecule has 0 aliphatic carbocycles. The molecular weight excluding hydrogens is 226 g/mol. The lowest BCUT2D eigenvalue weighted by Crippen LogP contribution is -2.34. The first kappa shape index (κ1) is 14.7. The minimum absolute atomic E-state index is 0.141. The first-order valence-electron chi connectivity index (χ1n) is 6.36. The number of rotatable bonds is 4. The van der Waals surface area contributed by atoms with E-state index in [2.05, 4.69) is 32.9 Å². The van der Waals surface area contributed by atoms with Crippen LogP contribution in [-0.4, -0.2) is 18.6 Å². The quantitative estimate of drug-likeness (QED) is 0.834. The number of hydrogen-bond donors (Lipinski definition) is 1. The van der Waals surface area contributed by atoms with Crippen molar-refractivity contribution in [3.05, 3.63) is 35.4 Å². The second kappa shape index (κ2) is 6.01. The van der Waals surface area contributed by atoms with Gasteiger partial charge in [0.05, 0.1) is 6.61 Å². The molecule has 0 heterocycles. The van der Waals surface area contributed by atoms with E-state index in [0.29, 0.717) is 13.0 Å². The first-order valence-corrected chi connectivity index (χ1v) is 6.36. The Morgan fingerprint density at radius 3 is 2.28 bits per heavy atom. The van der Waals surface area contributed by atoms with Crippen LogP contribution in [0.25, 0.3) is 0 Å². The smallest absolute Gasteiger partial charge is 0.323 e. The van der Waals surface area contributed by atoms with Gasteiger partial charge < -0.3 is 10.5 Å². The summed E-state index contributed by atoms with van der Waals surface area (Å²) >= 11 is 0. The molecule has 0 fully saturated rings. The van der Waals surface area contributed by atoms with Gasteiger partial charge >= 0.3 is 5.97 Å². The number of esters is 1. The van der Waals surface area contributed by atoms with Gasteiger partial charge in [0.2, 0.25) is 0 Å². The van der Waals surface area contributed by atoms with Crippen LogP contribution in [0.4, 0.5) is 0 Å². The number of carbonyl (C=O) groups excluding carboxylic acids is 1. The molecule has 0 bridgehead atoms. The van der Waals surface area contributed by atoms with Crippen LogP contribution in [0.15, 0.2) is 24.3 Å². The summed E-state index contributed by atoms with van der Waals surface area (Å²) in [6, 6.07) is 7.66. The van der Waals surface area contributed by atoms with Crippen LogP contribution in [0.2, 0.25) is 0 Å². The van der Waals surface area contributed by atoms with E-state index in [0.717, 1.165) is 5.56 Å². The van der Waals surface area contributed by atoms with Crippen LogP contribution in [0.1, 0.15) is 38.8 Å². The maximum absolute atomic E-state index is 11.4. The standard InChI is InChI=1S/C15H23NO2/c1-5-18-14(17)13(16)10-11-6-8-12(9-7-11)15(2,3)4/h6-9,13H,5,10,16H2,1-4H3/t13-/m0/s1. The van der Waals surface area contributed by atoms with E-state index < -0.39 is 6.04 Å². The van der Waals surface area contributed by atoms with Gasteiger partial charge in [0.1, 0.15) is 6.04 Å². The Bertz CT molecular complexity index is 390. The summed E-state index contributed by atoms with van der Waals surface area (Å²) in [7, 11) is 0. The van der Waals surface area contributed by atoms with E-state index in [1.54, 1.807) is 6.92 Å². The fourth-order valence-electron chi connectivity index (χ4n) is 1.73. The van der Waals surface area contributed by atoms with Gasteiger partial charge in [-0.05, 0) is 29.9 Å². The van der Waals surface area contributed by atoms with Crippen LogP contribution in [-0.2, 0) is 21.4 Å². The van der Waals surface area contributed by atoms with Crippen LogP contribution in [0.5, 0.6) is 0 Å². The molecule has 2 N–H and O–H groups in total. The molecule has 0 amide bonds. The highest BCUT2D eigenvalue weighted by molar-refractivity contribution is 5.75. The third-order valence-corrected chi connectivity index (χ3v) is 2.86. The van der Waals surface area contributed by atoms with Crippen molar-refractivity contribution in [1.29, 1.82) is 0 Å². The van der Waals surface area contributed by atoms with Gasteiger partial charge in [-0.3, -0.25) is 4.79 Å². The zero-order chi connectivity index (χ0) is 13.8. The molecule has 3 nitrogen and oxygen atoms in total. The average Bonchev–Trinajstić information content (AvgIpc) is 2.28. The lowest BCUT2D eigenvalue weighted by atomic mass is 9.86. The van der Waals surface area contributed by atoms with E-state index in [9.17, 15) is 4.79 Å². The largest absolute Gasteiger partial charge is 0.465 e. The summed E-state index contributed by atoms with van der Waals surface area (Å²) in [6.07, 6.45) is 0.517. The zero-order valence-corrected chi connectivity index (χ0v) is 11.7. The molecule has 0 aromatic heterocycles. The molecule has 1 aromatic rings. The highest BCUT2D eigenvalue weighted by Crippen LogP contribution is 2.22. The molecule has 1 rings (SSSR count). The first-order chi connectivity index (χ1) is 8.34. The Labute approximate surface area is 109 Å². The number of carbonyl (C=O) groups is 1. The van der Waals surface area contributed by atoms with Gasteiger partial charge in [0.15, 0.2) is 0 Å². The molecular formula is C15H23NO2. The minimum Gasteiger partial charge on any atom is -0.465 e. The van der Waals surface area contributed by atoms with E-state index in [-0.39, 0.29) is 11.4 Å². The molecule has 0 saturated carbocycles. The maximum Gasteiger partial charge on any atom is 0.323 e. The summed E-state index contributed by atoms with van der Waals surface area (Å²) in [6.45, 7) is 8.67. The van der Waals surface area contributed by atoms with Gasteiger partial charge in [0, 0.05) is 0 Å². The topological polar surface area (TPSA) is 52.3 Å². The summed E-state index contributed by atoms with van der Waals surface area (Å²) in [5.41, 5.74) is 8.26. The third-order valence-electron chi connectivity index (χ3n) is 2.86. The predicted octanol–water partition coefficient (Wildman–Crippen LogP) is 2.42. The van der Waals surface area contributed by atoms with Crippen LogP contribution < -0.4 is 5.73 Å².